The first kappa shape index (κ1) is 11.4. The van der Waals surface area contributed by atoms with Crippen LogP contribution < -0.4 is 15.3 Å². The van der Waals surface area contributed by atoms with Gasteiger partial charge in [0.2, 0.25) is 0 Å². The number of carbonyl (C=O) groups excluding carboxylic acids is 3. The van der Waals surface area contributed by atoms with E-state index in [0.717, 1.165) is 6.92 Å². The van der Waals surface area contributed by atoms with Gasteiger partial charge in [0.05, 0.1) is 0 Å². The Morgan fingerprint density at radius 2 is 1.54 bits per heavy atom. The van der Waals surface area contributed by atoms with Crippen LogP contribution in [0.25, 0.3) is 0 Å². The normalized spacial score (nSPS) is 14.5. The summed E-state index contributed by atoms with van der Waals surface area (Å²) in [6, 6.07) is 0. The fourth-order valence-electron chi connectivity index (χ4n) is 0.808. The summed E-state index contributed by atoms with van der Waals surface area (Å²) in [6.45, 7) is 1.04. The van der Waals surface area contributed by atoms with Crippen LogP contribution in [0.3, 0.4) is 0 Å². The summed E-state index contributed by atoms with van der Waals surface area (Å²) in [4.78, 5) is 30.5. The highest BCUT2D eigenvalue weighted by Crippen LogP contribution is 2.13. The van der Waals surface area contributed by atoms with E-state index in [4.69, 9.17) is 0 Å². The lowest BCUT2D eigenvalue weighted by molar-refractivity contribution is -0.330. The Kier molecular flexibility index (Phi) is 3.90. The number of aliphatic carboxylic acids is 3. The van der Waals surface area contributed by atoms with E-state index in [0.29, 0.717) is 0 Å². The van der Waals surface area contributed by atoms with Crippen molar-refractivity contribution in [3.05, 3.63) is 0 Å². The molecule has 0 saturated carbocycles. The van der Waals surface area contributed by atoms with Crippen molar-refractivity contribution in [2.75, 3.05) is 0 Å². The van der Waals surface area contributed by atoms with E-state index < -0.39 is 36.2 Å². The maximum absolute atomic E-state index is 10.3. The maximum atomic E-state index is 10.3. The third kappa shape index (κ3) is 3.55. The molecule has 2 atom stereocenters. The van der Waals surface area contributed by atoms with Crippen LogP contribution in [0.1, 0.15) is 13.3 Å². The Labute approximate surface area is 73.8 Å². The molecular formula is C7H7O6-3. The van der Waals surface area contributed by atoms with E-state index in [2.05, 4.69) is 0 Å². The van der Waals surface area contributed by atoms with Gasteiger partial charge in [-0.15, -0.1) is 0 Å². The maximum Gasteiger partial charge on any atom is 0.0455 e. The molecule has 0 bridgehead atoms. The zero-order valence-electron chi connectivity index (χ0n) is 6.81. The van der Waals surface area contributed by atoms with Gasteiger partial charge in [-0.2, -0.15) is 0 Å². The Hall–Kier alpha value is -1.59. The highest BCUT2D eigenvalue weighted by molar-refractivity contribution is 5.81. The summed E-state index contributed by atoms with van der Waals surface area (Å²) in [5.41, 5.74) is 0. The van der Waals surface area contributed by atoms with Crippen LogP contribution >= 0.6 is 0 Å². The van der Waals surface area contributed by atoms with Gasteiger partial charge >= 0.3 is 0 Å². The smallest absolute Gasteiger partial charge is 0.0455 e. The molecule has 0 amide bonds. The number of hydrogen-bond donors (Lipinski definition) is 0. The molecule has 0 aliphatic carbocycles. The number of rotatable bonds is 5. The fraction of sp³-hybridized carbons (Fsp3) is 0.571. The van der Waals surface area contributed by atoms with E-state index in [1.54, 1.807) is 0 Å². The minimum atomic E-state index is -1.74. The van der Waals surface area contributed by atoms with Gasteiger partial charge in [-0.3, -0.25) is 0 Å². The lowest BCUT2D eigenvalue weighted by Gasteiger charge is -2.25. The monoisotopic (exact) mass is 187 g/mol. The van der Waals surface area contributed by atoms with Gasteiger partial charge in [0.1, 0.15) is 0 Å². The van der Waals surface area contributed by atoms with Crippen molar-refractivity contribution in [1.82, 2.24) is 0 Å². The zero-order chi connectivity index (χ0) is 10.6. The molecule has 0 aromatic carbocycles. The molecule has 0 aromatic heterocycles. The van der Waals surface area contributed by atoms with Crippen molar-refractivity contribution in [2.45, 2.75) is 13.3 Å². The standard InChI is InChI=1S/C7H10O6/c1-3(6(10)11)4(7(12)13)2-5(8)9/h3-4H,2H2,1H3,(H,8,9)(H,10,11)(H,12,13)/p-3. The molecular weight excluding hydrogens is 180 g/mol. The SMILES string of the molecule is CC(C(=O)[O-])C(CC(=O)[O-])C(=O)[O-]. The average molecular weight is 187 g/mol. The van der Waals surface area contributed by atoms with Crippen LogP contribution in [0.5, 0.6) is 0 Å². The molecule has 13 heavy (non-hydrogen) atoms. The summed E-state index contributed by atoms with van der Waals surface area (Å²) < 4.78 is 0. The van der Waals surface area contributed by atoms with E-state index in [-0.39, 0.29) is 0 Å². The molecule has 0 saturated heterocycles. The Bertz CT molecular complexity index is 233. The minimum Gasteiger partial charge on any atom is -0.550 e. The Morgan fingerprint density at radius 1 is 1.08 bits per heavy atom. The Balaban J connectivity index is 4.51. The molecule has 6 nitrogen and oxygen atoms in total. The average Bonchev–Trinajstić information content (AvgIpc) is 1.97. The predicted octanol–water partition coefficient (Wildman–Crippen LogP) is -4.12. The van der Waals surface area contributed by atoms with E-state index >= 15 is 0 Å². The largest absolute Gasteiger partial charge is 0.550 e. The van der Waals surface area contributed by atoms with Crippen LogP contribution in [0.4, 0.5) is 0 Å². The molecule has 0 fully saturated rings. The molecule has 0 aromatic rings. The van der Waals surface area contributed by atoms with Gasteiger partial charge in [0, 0.05) is 29.7 Å². The van der Waals surface area contributed by atoms with Gasteiger partial charge in [-0.25, -0.2) is 0 Å². The first-order valence-electron chi connectivity index (χ1n) is 3.47. The zero-order valence-corrected chi connectivity index (χ0v) is 6.81. The predicted molar refractivity (Wildman–Crippen MR) is 32.3 cm³/mol. The van der Waals surface area contributed by atoms with Crippen molar-refractivity contribution in [2.24, 2.45) is 11.8 Å². The fourth-order valence-corrected chi connectivity index (χ4v) is 0.808. The summed E-state index contributed by atoms with van der Waals surface area (Å²) in [6.07, 6.45) is -0.891. The molecule has 0 rings (SSSR count). The van der Waals surface area contributed by atoms with Crippen molar-refractivity contribution < 1.29 is 29.7 Å². The minimum absolute atomic E-state index is 0.891. The first-order chi connectivity index (χ1) is 5.86. The van der Waals surface area contributed by atoms with Gasteiger partial charge in [-0.05, 0) is 6.42 Å². The second kappa shape index (κ2) is 4.44. The lowest BCUT2D eigenvalue weighted by Crippen LogP contribution is -2.45. The van der Waals surface area contributed by atoms with E-state index in [9.17, 15) is 29.7 Å². The lowest BCUT2D eigenvalue weighted by atomic mass is 9.91. The molecule has 0 spiro atoms. The molecule has 2 unspecified atom stereocenters. The number of carbonyl (C=O) groups is 3. The van der Waals surface area contributed by atoms with E-state index in [1.165, 1.54) is 0 Å². The van der Waals surface area contributed by atoms with Crippen LogP contribution in [-0.2, 0) is 14.4 Å². The highest BCUT2D eigenvalue weighted by Gasteiger charge is 2.19. The quantitative estimate of drug-likeness (QED) is 0.431. The molecule has 74 valence electrons. The Morgan fingerprint density at radius 3 is 1.77 bits per heavy atom. The van der Waals surface area contributed by atoms with Crippen LogP contribution in [0, 0.1) is 11.8 Å². The van der Waals surface area contributed by atoms with Crippen molar-refractivity contribution in [1.29, 1.82) is 0 Å². The van der Waals surface area contributed by atoms with Gasteiger partial charge < -0.3 is 29.7 Å². The van der Waals surface area contributed by atoms with Gasteiger partial charge in [-0.1, -0.05) is 6.92 Å². The third-order valence-electron chi connectivity index (χ3n) is 1.66. The second-order valence-electron chi connectivity index (χ2n) is 2.61. The van der Waals surface area contributed by atoms with Crippen LogP contribution in [-0.4, -0.2) is 17.9 Å². The molecule has 0 aliphatic rings. The molecule has 0 heterocycles. The molecule has 0 aliphatic heterocycles. The summed E-state index contributed by atoms with van der Waals surface area (Å²) in [5, 5.41) is 30.5. The van der Waals surface area contributed by atoms with Crippen molar-refractivity contribution in [3.63, 3.8) is 0 Å². The molecule has 6 heteroatoms. The number of carboxylic acids is 3. The number of hydrogen-bond acceptors (Lipinski definition) is 6. The topological polar surface area (TPSA) is 120 Å². The van der Waals surface area contributed by atoms with Crippen molar-refractivity contribution in [3.8, 4) is 0 Å². The number of carboxylic acid groups (broad SMARTS) is 3. The molecule has 0 radical (unpaired) electrons. The third-order valence-corrected chi connectivity index (χ3v) is 1.66. The van der Waals surface area contributed by atoms with Crippen LogP contribution in [0.15, 0.2) is 0 Å². The van der Waals surface area contributed by atoms with Crippen LogP contribution in [0.2, 0.25) is 0 Å². The second-order valence-corrected chi connectivity index (χ2v) is 2.61. The summed E-state index contributed by atoms with van der Waals surface area (Å²) >= 11 is 0. The summed E-state index contributed by atoms with van der Waals surface area (Å²) in [5.74, 6) is -8.03. The van der Waals surface area contributed by atoms with Crippen molar-refractivity contribution >= 4 is 17.9 Å². The molecule has 0 N–H and O–H groups in total. The highest BCUT2D eigenvalue weighted by atomic mass is 16.4. The van der Waals surface area contributed by atoms with Gasteiger partial charge in [0.15, 0.2) is 0 Å². The first-order valence-corrected chi connectivity index (χ1v) is 3.47. The van der Waals surface area contributed by atoms with E-state index in [1.807, 2.05) is 0 Å². The van der Waals surface area contributed by atoms with Gasteiger partial charge in [0.25, 0.3) is 0 Å². The summed E-state index contributed by atoms with van der Waals surface area (Å²) in [7, 11) is 0.